The number of carbonyl (C=O) groups excluding carboxylic acids is 1. The summed E-state index contributed by atoms with van der Waals surface area (Å²) >= 11 is 0. The van der Waals surface area contributed by atoms with E-state index in [2.05, 4.69) is 30.4 Å². The average Bonchev–Trinajstić information content (AvgIpc) is 2.89. The van der Waals surface area contributed by atoms with Crippen molar-refractivity contribution in [3.05, 3.63) is 64.7 Å². The molecule has 4 heteroatoms. The maximum atomic E-state index is 11.9. The maximum absolute atomic E-state index is 11.9. The minimum Gasteiger partial charge on any atom is -0.493 e. The van der Waals surface area contributed by atoms with Crippen molar-refractivity contribution in [1.29, 1.82) is 0 Å². The second-order valence-corrected chi connectivity index (χ2v) is 11.6. The summed E-state index contributed by atoms with van der Waals surface area (Å²) in [5, 5.41) is 9.05. The van der Waals surface area contributed by atoms with Gasteiger partial charge in [0, 0.05) is 12.2 Å². The quantitative estimate of drug-likeness (QED) is 0.186. The number of ether oxygens (including phenoxy) is 2. The smallest absolute Gasteiger partial charge is 0.338 e. The van der Waals surface area contributed by atoms with Gasteiger partial charge in [0.05, 0.1) is 18.8 Å². The molecule has 198 valence electrons. The van der Waals surface area contributed by atoms with Crippen molar-refractivity contribution in [2.24, 2.45) is 17.8 Å². The van der Waals surface area contributed by atoms with Gasteiger partial charge >= 0.3 is 5.97 Å². The Morgan fingerprint density at radius 2 is 1.51 bits per heavy atom. The molecule has 0 aliphatic heterocycles. The first-order valence-electron chi connectivity index (χ1n) is 14.4. The van der Waals surface area contributed by atoms with Crippen molar-refractivity contribution in [2.45, 2.75) is 76.5 Å². The largest absolute Gasteiger partial charge is 0.493 e. The summed E-state index contributed by atoms with van der Waals surface area (Å²) in [5.41, 5.74) is 4.50. The lowest BCUT2D eigenvalue weighted by Crippen LogP contribution is -2.48. The second-order valence-electron chi connectivity index (χ2n) is 11.6. The predicted molar refractivity (Wildman–Crippen MR) is 149 cm³/mol. The van der Waals surface area contributed by atoms with Crippen molar-refractivity contribution < 1.29 is 19.4 Å². The first-order chi connectivity index (χ1) is 18.1. The van der Waals surface area contributed by atoms with Gasteiger partial charge in [-0.25, -0.2) is 4.79 Å². The Kier molecular flexibility index (Phi) is 8.34. The van der Waals surface area contributed by atoms with Crippen molar-refractivity contribution in [2.75, 3.05) is 19.8 Å². The number of rotatable bonds is 12. The van der Waals surface area contributed by atoms with Crippen LogP contribution in [0.15, 0.2) is 42.5 Å². The monoisotopic (exact) mass is 502 g/mol. The molecule has 4 fully saturated rings. The first kappa shape index (κ1) is 26.0. The van der Waals surface area contributed by atoms with Crippen LogP contribution in [0.4, 0.5) is 0 Å². The molecule has 2 aromatic rings. The van der Waals surface area contributed by atoms with E-state index < -0.39 is 0 Å². The molecule has 4 aliphatic rings. The molecule has 0 unspecified atom stereocenters. The van der Waals surface area contributed by atoms with Crippen LogP contribution in [0.1, 0.15) is 98.2 Å². The van der Waals surface area contributed by atoms with Crippen LogP contribution in [0.3, 0.4) is 0 Å². The summed E-state index contributed by atoms with van der Waals surface area (Å²) in [4.78, 5) is 11.9. The Hall–Kier alpha value is -2.59. The molecule has 0 heterocycles. The van der Waals surface area contributed by atoms with E-state index in [4.69, 9.17) is 14.6 Å². The molecule has 0 amide bonds. The Labute approximate surface area is 222 Å². The molecule has 6 rings (SSSR count). The van der Waals surface area contributed by atoms with Crippen LogP contribution >= 0.6 is 0 Å². The van der Waals surface area contributed by atoms with E-state index in [1.807, 2.05) is 31.2 Å². The van der Waals surface area contributed by atoms with Crippen molar-refractivity contribution in [3.8, 4) is 5.75 Å². The second kappa shape index (κ2) is 11.9. The Morgan fingerprint density at radius 3 is 2.16 bits per heavy atom. The third-order valence-corrected chi connectivity index (χ3v) is 8.82. The van der Waals surface area contributed by atoms with Crippen LogP contribution in [0, 0.1) is 17.8 Å². The maximum Gasteiger partial charge on any atom is 0.338 e. The van der Waals surface area contributed by atoms with Crippen LogP contribution in [-0.2, 0) is 10.2 Å². The van der Waals surface area contributed by atoms with Crippen LogP contribution in [0.2, 0.25) is 0 Å². The van der Waals surface area contributed by atoms with Gasteiger partial charge in [-0.2, -0.15) is 0 Å². The third-order valence-electron chi connectivity index (χ3n) is 8.82. The van der Waals surface area contributed by atoms with E-state index in [9.17, 15) is 4.79 Å². The molecule has 37 heavy (non-hydrogen) atoms. The number of esters is 1. The number of hydrogen-bond donors (Lipinski definition) is 1. The minimum atomic E-state index is -0.281. The lowest BCUT2D eigenvalue weighted by atomic mass is 9.48. The van der Waals surface area contributed by atoms with Gasteiger partial charge in [0.2, 0.25) is 0 Å². The third kappa shape index (κ3) is 6.12. The highest BCUT2D eigenvalue weighted by atomic mass is 16.5. The summed E-state index contributed by atoms with van der Waals surface area (Å²) in [6, 6.07) is 14.4. The van der Waals surface area contributed by atoms with Gasteiger partial charge in [-0.1, -0.05) is 42.8 Å². The Morgan fingerprint density at radius 1 is 0.892 bits per heavy atom. The fraction of sp³-hybridized carbons (Fsp3) is 0.545. The van der Waals surface area contributed by atoms with Gasteiger partial charge in [0.15, 0.2) is 0 Å². The van der Waals surface area contributed by atoms with Crippen molar-refractivity contribution in [3.63, 3.8) is 0 Å². The van der Waals surface area contributed by atoms with Crippen molar-refractivity contribution >= 4 is 18.1 Å². The van der Waals surface area contributed by atoms with E-state index in [1.54, 1.807) is 0 Å². The molecule has 0 saturated heterocycles. The van der Waals surface area contributed by atoms with Crippen molar-refractivity contribution in [1.82, 2.24) is 0 Å². The Bertz CT molecular complexity index is 1050. The predicted octanol–water partition coefficient (Wildman–Crippen LogP) is 7.43. The molecule has 1 N–H and O–H groups in total. The first-order valence-corrected chi connectivity index (χ1v) is 14.4. The highest BCUT2D eigenvalue weighted by molar-refractivity contribution is 5.89. The number of aliphatic hydroxyl groups excluding tert-OH is 1. The van der Waals surface area contributed by atoms with E-state index in [0.717, 1.165) is 66.9 Å². The number of unbranched alkanes of at least 4 members (excludes halogenated alkanes) is 3. The zero-order valence-corrected chi connectivity index (χ0v) is 22.3. The van der Waals surface area contributed by atoms with Crippen LogP contribution < -0.4 is 4.74 Å². The summed E-state index contributed by atoms with van der Waals surface area (Å²) < 4.78 is 11.6. The van der Waals surface area contributed by atoms with Gasteiger partial charge < -0.3 is 14.6 Å². The summed E-state index contributed by atoms with van der Waals surface area (Å²) in [7, 11) is 0. The van der Waals surface area contributed by atoms with E-state index >= 15 is 0 Å². The van der Waals surface area contributed by atoms with Gasteiger partial charge in [0.1, 0.15) is 5.75 Å². The zero-order chi connectivity index (χ0) is 25.7. The molecule has 4 aliphatic carbocycles. The van der Waals surface area contributed by atoms with Crippen LogP contribution in [-0.4, -0.2) is 30.9 Å². The van der Waals surface area contributed by atoms with Gasteiger partial charge in [-0.15, -0.1) is 0 Å². The van der Waals surface area contributed by atoms with Gasteiger partial charge in [-0.3, -0.25) is 0 Å². The summed E-state index contributed by atoms with van der Waals surface area (Å²) in [6.07, 6.45) is 16.6. The normalized spacial score (nSPS) is 26.1. The zero-order valence-electron chi connectivity index (χ0n) is 22.3. The Balaban J connectivity index is 1.34. The highest BCUT2D eigenvalue weighted by Crippen LogP contribution is 2.61. The number of hydrogen-bond acceptors (Lipinski definition) is 4. The molecule has 0 radical (unpaired) electrons. The molecule has 0 spiro atoms. The molecule has 2 aromatic carbocycles. The van der Waals surface area contributed by atoms with Gasteiger partial charge in [0.25, 0.3) is 0 Å². The van der Waals surface area contributed by atoms with Gasteiger partial charge in [-0.05, 0) is 117 Å². The molecule has 0 atom stereocenters. The molecule has 4 saturated carbocycles. The average molecular weight is 503 g/mol. The molecule has 0 aromatic heterocycles. The van der Waals surface area contributed by atoms with E-state index in [0.29, 0.717) is 17.6 Å². The molecule has 4 bridgehead atoms. The standard InChI is InChI=1S/C33H42O4/c1-2-36-32(35)29-12-9-24(10-13-29)7-8-25-11-14-30(31(20-25)37-16-6-4-3-5-15-34)33-21-26-17-27(22-33)19-28(18-26)23-33/h7-14,20,26-28,34H,2-6,15-19,21-23H2,1H3/b8-7+. The molecular formula is C33H42O4. The fourth-order valence-electron chi connectivity index (χ4n) is 7.53. The number of aliphatic hydroxyl groups is 1. The SMILES string of the molecule is CCOC(=O)c1ccc(/C=C/c2ccc(C34CC5CC(CC(C5)C3)C4)c(OCCCCCCO)c2)cc1. The summed E-state index contributed by atoms with van der Waals surface area (Å²) in [5.74, 6) is 3.49. The van der Waals surface area contributed by atoms with E-state index in [1.165, 1.54) is 44.1 Å². The number of carbonyl (C=O) groups is 1. The number of benzene rings is 2. The topological polar surface area (TPSA) is 55.8 Å². The van der Waals surface area contributed by atoms with Crippen LogP contribution in [0.5, 0.6) is 5.75 Å². The van der Waals surface area contributed by atoms with E-state index in [-0.39, 0.29) is 12.6 Å². The molecule has 4 nitrogen and oxygen atoms in total. The molecular weight excluding hydrogens is 460 g/mol. The lowest BCUT2D eigenvalue weighted by molar-refractivity contribution is -0.00640. The lowest BCUT2D eigenvalue weighted by Gasteiger charge is -2.57. The minimum absolute atomic E-state index is 0.275. The summed E-state index contributed by atoms with van der Waals surface area (Å²) in [6.45, 7) is 3.20. The fourth-order valence-corrected chi connectivity index (χ4v) is 7.53. The van der Waals surface area contributed by atoms with Crippen LogP contribution in [0.25, 0.3) is 12.2 Å². The highest BCUT2D eigenvalue weighted by Gasteiger charge is 2.52.